The lowest BCUT2D eigenvalue weighted by atomic mass is 9.92. The van der Waals surface area contributed by atoms with E-state index in [4.69, 9.17) is 21.1 Å². The number of aromatic nitrogens is 3. The number of ether oxygens (including phenoxy) is 2. The normalized spacial score (nSPS) is 33.0. The lowest BCUT2D eigenvalue weighted by molar-refractivity contribution is -0.205. The van der Waals surface area contributed by atoms with Gasteiger partial charge in [0.25, 0.3) is 0 Å². The van der Waals surface area contributed by atoms with E-state index in [0.717, 1.165) is 44.5 Å². The monoisotopic (exact) mass is 549 g/mol. The molecule has 0 aliphatic carbocycles. The van der Waals surface area contributed by atoms with Crippen molar-refractivity contribution in [3.8, 4) is 0 Å². The van der Waals surface area contributed by atoms with Crippen LogP contribution >= 0.6 is 23.4 Å². The Morgan fingerprint density at radius 1 is 1.33 bits per heavy atom. The van der Waals surface area contributed by atoms with E-state index in [1.807, 2.05) is 10.9 Å². The van der Waals surface area contributed by atoms with Crippen molar-refractivity contribution in [1.82, 2.24) is 25.6 Å². The molecule has 3 rings (SSSR count). The summed E-state index contributed by atoms with van der Waals surface area (Å²) in [5, 5.41) is 44.9. The fourth-order valence-electron chi connectivity index (χ4n) is 4.92. The summed E-state index contributed by atoms with van der Waals surface area (Å²) < 4.78 is 12.8. The minimum atomic E-state index is -1.39. The number of carbonyl (C=O) groups is 1. The van der Waals surface area contributed by atoms with Gasteiger partial charge >= 0.3 is 0 Å². The number of aryl methyl sites for hydroxylation is 1. The number of hydrogen-bond acceptors (Lipinski definition) is 10. The first-order valence-electron chi connectivity index (χ1n) is 12.5. The molecule has 2 aliphatic rings. The highest BCUT2D eigenvalue weighted by atomic mass is 35.5. The van der Waals surface area contributed by atoms with Crippen molar-refractivity contribution in [3.05, 3.63) is 11.9 Å². The van der Waals surface area contributed by atoms with E-state index >= 15 is 0 Å². The lowest BCUT2D eigenvalue weighted by Gasteiger charge is -2.44. The molecule has 0 saturated carbocycles. The molecule has 3 heterocycles. The highest BCUT2D eigenvalue weighted by Crippen LogP contribution is 2.30. The molecule has 2 aliphatic heterocycles. The van der Waals surface area contributed by atoms with Crippen molar-refractivity contribution >= 4 is 29.3 Å². The van der Waals surface area contributed by atoms with Crippen LogP contribution in [0, 0.1) is 5.92 Å². The maximum absolute atomic E-state index is 13.2. The maximum Gasteiger partial charge on any atom is 0.237 e. The Labute approximate surface area is 221 Å². The van der Waals surface area contributed by atoms with Crippen LogP contribution in [-0.4, -0.2) is 103 Å². The number of amides is 1. The summed E-state index contributed by atoms with van der Waals surface area (Å²) in [6.45, 7) is 3.68. The standard InChI is InChI=1S/C23H40ClN5O6S/c1-13(24)17(21-19(31)18(30)20(32)23(35-21)36-3)26-22(33)16-7-6-14(8-9-25-16)5-4-10-29-11-15(12-34-2)27-28-29/h11,13-14,16-21,23,25,30-32H,4-10,12H2,1-3H3,(H,26,33). The summed E-state index contributed by atoms with van der Waals surface area (Å²) in [7, 11) is 1.63. The topological polar surface area (TPSA) is 151 Å². The largest absolute Gasteiger partial charge is 0.388 e. The van der Waals surface area contributed by atoms with Gasteiger partial charge in [-0.25, -0.2) is 0 Å². The SMILES string of the molecule is COCc1cn(CCCC2CCNC(C(=O)NC(C(C)Cl)C3OC(SC)C(O)C(O)C3O)CC2)nn1. The first-order chi connectivity index (χ1) is 17.2. The number of methoxy groups -OCH3 is 1. The summed E-state index contributed by atoms with van der Waals surface area (Å²) in [4.78, 5) is 13.2. The Morgan fingerprint density at radius 3 is 2.81 bits per heavy atom. The first-order valence-corrected chi connectivity index (χ1v) is 14.3. The fourth-order valence-corrected chi connectivity index (χ4v) is 5.80. The average Bonchev–Trinajstić information content (AvgIpc) is 3.16. The number of hydrogen-bond donors (Lipinski definition) is 5. The zero-order valence-electron chi connectivity index (χ0n) is 21.1. The van der Waals surface area contributed by atoms with E-state index in [1.54, 1.807) is 20.3 Å². The van der Waals surface area contributed by atoms with Gasteiger partial charge < -0.3 is 35.4 Å². The third-order valence-electron chi connectivity index (χ3n) is 7.00. The Balaban J connectivity index is 1.50. The molecule has 2 fully saturated rings. The van der Waals surface area contributed by atoms with E-state index in [-0.39, 0.29) is 11.9 Å². The second-order valence-corrected chi connectivity index (χ2v) is 11.3. The molecule has 1 aromatic heterocycles. The number of nitrogens with one attached hydrogen (secondary N) is 2. The van der Waals surface area contributed by atoms with Crippen molar-refractivity contribution in [1.29, 1.82) is 0 Å². The summed E-state index contributed by atoms with van der Waals surface area (Å²) in [5.74, 6) is 0.293. The minimum absolute atomic E-state index is 0.210. The Morgan fingerprint density at radius 2 is 2.11 bits per heavy atom. The highest BCUT2D eigenvalue weighted by Gasteiger charge is 2.48. The van der Waals surface area contributed by atoms with Crippen LogP contribution in [0.25, 0.3) is 0 Å². The molecule has 2 saturated heterocycles. The van der Waals surface area contributed by atoms with E-state index in [0.29, 0.717) is 18.9 Å². The lowest BCUT2D eigenvalue weighted by Crippen LogP contribution is -2.65. The summed E-state index contributed by atoms with van der Waals surface area (Å²) in [5.41, 5.74) is 0.0828. The van der Waals surface area contributed by atoms with Gasteiger partial charge in [-0.1, -0.05) is 5.21 Å². The van der Waals surface area contributed by atoms with Gasteiger partial charge in [-0.3, -0.25) is 9.48 Å². The van der Waals surface area contributed by atoms with Crippen LogP contribution in [0.3, 0.4) is 0 Å². The summed E-state index contributed by atoms with van der Waals surface area (Å²) in [6, 6.07) is -1.12. The van der Waals surface area contributed by atoms with E-state index < -0.39 is 41.3 Å². The van der Waals surface area contributed by atoms with Crippen molar-refractivity contribution in [2.24, 2.45) is 5.92 Å². The summed E-state index contributed by atoms with van der Waals surface area (Å²) in [6.07, 6.45) is 3.29. The van der Waals surface area contributed by atoms with Crippen molar-refractivity contribution in [2.45, 2.75) is 99.5 Å². The fraction of sp³-hybridized carbons (Fsp3) is 0.870. The van der Waals surface area contributed by atoms with Crippen LogP contribution in [-0.2, 0) is 27.4 Å². The first kappa shape index (κ1) is 29.6. The van der Waals surface area contributed by atoms with Crippen LogP contribution in [0.15, 0.2) is 6.20 Å². The molecule has 1 aromatic rings. The maximum atomic E-state index is 13.2. The third kappa shape index (κ3) is 7.76. The number of aliphatic hydroxyl groups is 3. The van der Waals surface area contributed by atoms with Gasteiger partial charge in [-0.15, -0.1) is 28.5 Å². The molecule has 0 radical (unpaired) electrons. The zero-order valence-corrected chi connectivity index (χ0v) is 22.7. The molecule has 9 atom stereocenters. The predicted molar refractivity (Wildman–Crippen MR) is 137 cm³/mol. The number of thioether (sulfide) groups is 1. The number of aliphatic hydroxyl groups excluding tert-OH is 3. The molecule has 11 nitrogen and oxygen atoms in total. The number of carbonyl (C=O) groups excluding carboxylic acids is 1. The van der Waals surface area contributed by atoms with Crippen LogP contribution in [0.4, 0.5) is 0 Å². The van der Waals surface area contributed by atoms with Crippen LogP contribution < -0.4 is 10.6 Å². The molecule has 1 amide bonds. The quantitative estimate of drug-likeness (QED) is 0.243. The molecule has 9 unspecified atom stereocenters. The number of halogens is 1. The van der Waals surface area contributed by atoms with Crippen LogP contribution in [0.1, 0.15) is 44.7 Å². The average molecular weight is 550 g/mol. The van der Waals surface area contributed by atoms with Gasteiger partial charge in [0.2, 0.25) is 5.91 Å². The second kappa shape index (κ2) is 14.2. The van der Waals surface area contributed by atoms with Gasteiger partial charge in [0.1, 0.15) is 35.5 Å². The summed E-state index contributed by atoms with van der Waals surface area (Å²) >= 11 is 7.61. The zero-order chi connectivity index (χ0) is 26.2. The van der Waals surface area contributed by atoms with Gasteiger partial charge in [0, 0.05) is 13.7 Å². The van der Waals surface area contributed by atoms with Gasteiger partial charge in [-0.05, 0) is 57.7 Å². The van der Waals surface area contributed by atoms with E-state index in [9.17, 15) is 20.1 Å². The molecule has 36 heavy (non-hydrogen) atoms. The molecule has 5 N–H and O–H groups in total. The number of rotatable bonds is 11. The third-order valence-corrected chi connectivity index (χ3v) is 8.12. The van der Waals surface area contributed by atoms with E-state index in [1.165, 1.54) is 11.8 Å². The molecular formula is C23H40ClN5O6S. The van der Waals surface area contributed by atoms with Crippen molar-refractivity contribution < 1.29 is 29.6 Å². The Hall–Kier alpha value is -0.990. The predicted octanol–water partition coefficient (Wildman–Crippen LogP) is 0.246. The smallest absolute Gasteiger partial charge is 0.237 e. The highest BCUT2D eigenvalue weighted by molar-refractivity contribution is 7.99. The molecule has 0 bridgehead atoms. The Bertz CT molecular complexity index is 818. The van der Waals surface area contributed by atoms with Crippen LogP contribution in [0.5, 0.6) is 0 Å². The molecule has 0 aromatic carbocycles. The number of alkyl halides is 1. The van der Waals surface area contributed by atoms with E-state index in [2.05, 4.69) is 20.9 Å². The van der Waals surface area contributed by atoms with Crippen molar-refractivity contribution in [2.75, 3.05) is 19.9 Å². The molecular weight excluding hydrogens is 510 g/mol. The minimum Gasteiger partial charge on any atom is -0.388 e. The van der Waals surface area contributed by atoms with Gasteiger partial charge in [0.05, 0.1) is 30.3 Å². The molecule has 0 spiro atoms. The Kier molecular flexibility index (Phi) is 11.7. The van der Waals surface area contributed by atoms with Crippen molar-refractivity contribution in [3.63, 3.8) is 0 Å². The molecule has 13 heteroatoms. The second-order valence-electron chi connectivity index (χ2n) is 9.68. The molecule has 206 valence electrons. The van der Waals surface area contributed by atoms with Crippen LogP contribution in [0.2, 0.25) is 0 Å². The van der Waals surface area contributed by atoms with Gasteiger partial charge in [-0.2, -0.15) is 0 Å². The number of nitrogens with zero attached hydrogens (tertiary/aromatic N) is 3. The van der Waals surface area contributed by atoms with Gasteiger partial charge in [0.15, 0.2) is 0 Å².